The molecule has 144 valence electrons. The molecule has 0 fully saturated rings. The van der Waals surface area contributed by atoms with Crippen molar-refractivity contribution in [2.24, 2.45) is 7.05 Å². The van der Waals surface area contributed by atoms with Crippen LogP contribution in [0.4, 0.5) is 13.2 Å². The third kappa shape index (κ3) is 3.48. The molecule has 4 aromatic heterocycles. The molecule has 0 aliphatic rings. The maximum Gasteiger partial charge on any atom is 0.433 e. The summed E-state index contributed by atoms with van der Waals surface area (Å²) in [5.74, 6) is -0.597. The molecule has 7 nitrogen and oxygen atoms in total. The Balaban J connectivity index is 1.69. The third-order valence-electron chi connectivity index (χ3n) is 3.94. The second-order valence-electron chi connectivity index (χ2n) is 6.01. The number of halogens is 3. The second-order valence-corrected chi connectivity index (χ2v) is 6.95. The van der Waals surface area contributed by atoms with Gasteiger partial charge in [0, 0.05) is 31.4 Å². The summed E-state index contributed by atoms with van der Waals surface area (Å²) >= 11 is 1.28. The Bertz CT molecular complexity index is 1150. The van der Waals surface area contributed by atoms with Gasteiger partial charge >= 0.3 is 6.18 Å². The zero-order valence-corrected chi connectivity index (χ0v) is 15.3. The van der Waals surface area contributed by atoms with Crippen molar-refractivity contribution in [2.45, 2.75) is 12.7 Å². The number of amides is 1. The summed E-state index contributed by atoms with van der Waals surface area (Å²) in [6.07, 6.45) is -1.34. The number of hydrogen-bond donors (Lipinski definition) is 1. The molecule has 0 aliphatic heterocycles. The Labute approximate surface area is 160 Å². The van der Waals surface area contributed by atoms with Gasteiger partial charge in [0.25, 0.3) is 5.91 Å². The lowest BCUT2D eigenvalue weighted by molar-refractivity contribution is -0.142. The molecule has 0 aromatic carbocycles. The number of carbonyl (C=O) groups is 1. The number of nitrogens with one attached hydrogen (secondary N) is 1. The van der Waals surface area contributed by atoms with E-state index < -0.39 is 17.8 Å². The van der Waals surface area contributed by atoms with Crippen LogP contribution in [0.15, 0.2) is 42.0 Å². The number of nitrogens with zero attached hydrogens (tertiary/aromatic N) is 5. The molecule has 1 N–H and O–H groups in total. The summed E-state index contributed by atoms with van der Waals surface area (Å²) in [5.41, 5.74) is -0.257. The van der Waals surface area contributed by atoms with Gasteiger partial charge < -0.3 is 5.32 Å². The summed E-state index contributed by atoms with van der Waals surface area (Å²) in [7, 11) is 1.74. The van der Waals surface area contributed by atoms with Crippen LogP contribution in [0.2, 0.25) is 0 Å². The first-order valence-electron chi connectivity index (χ1n) is 8.09. The number of hydrogen-bond acceptors (Lipinski definition) is 5. The van der Waals surface area contributed by atoms with Gasteiger partial charge in [-0.1, -0.05) is 6.07 Å². The van der Waals surface area contributed by atoms with Crippen molar-refractivity contribution in [1.29, 1.82) is 0 Å². The molecule has 4 aromatic rings. The minimum atomic E-state index is -4.65. The Morgan fingerprint density at radius 2 is 2.14 bits per heavy atom. The molecule has 0 atom stereocenters. The van der Waals surface area contributed by atoms with E-state index in [9.17, 15) is 18.0 Å². The van der Waals surface area contributed by atoms with Crippen LogP contribution in [0, 0.1) is 0 Å². The van der Waals surface area contributed by atoms with E-state index in [0.29, 0.717) is 9.39 Å². The van der Waals surface area contributed by atoms with Gasteiger partial charge in [-0.05, 0) is 17.5 Å². The fourth-order valence-electron chi connectivity index (χ4n) is 2.67. The second kappa shape index (κ2) is 6.75. The van der Waals surface area contributed by atoms with E-state index in [0.717, 1.165) is 11.6 Å². The van der Waals surface area contributed by atoms with E-state index in [1.54, 1.807) is 41.6 Å². The first-order valence-corrected chi connectivity index (χ1v) is 8.97. The maximum absolute atomic E-state index is 13.5. The predicted octanol–water partition coefficient (Wildman–Crippen LogP) is 3.14. The Hall–Kier alpha value is -3.21. The standard InChI is InChI=1S/C17H13F3N6OS/c1-25-9-10(8-22-25)7-21-16(27)12-6-15-23-11(13-3-2-4-28-13)5-14(17(18,19)20)26(15)24-12/h2-6,8-9H,7H2,1H3,(H,21,27). The van der Waals surface area contributed by atoms with Gasteiger partial charge in [-0.3, -0.25) is 9.48 Å². The summed E-state index contributed by atoms with van der Waals surface area (Å²) in [4.78, 5) is 17.2. The lowest BCUT2D eigenvalue weighted by Gasteiger charge is -2.10. The first kappa shape index (κ1) is 18.2. The lowest BCUT2D eigenvalue weighted by Crippen LogP contribution is -2.23. The van der Waals surface area contributed by atoms with Crippen LogP contribution in [0.1, 0.15) is 21.7 Å². The SMILES string of the molecule is Cn1cc(CNC(=O)c2cc3nc(-c4cccs4)cc(C(F)(F)F)n3n2)cn1. The number of rotatable bonds is 4. The van der Waals surface area contributed by atoms with Crippen molar-refractivity contribution in [3.8, 4) is 10.6 Å². The van der Waals surface area contributed by atoms with Gasteiger partial charge in [-0.25, -0.2) is 9.50 Å². The molecule has 4 heterocycles. The number of aryl methyl sites for hydroxylation is 1. The average Bonchev–Trinajstić information content (AvgIpc) is 3.37. The summed E-state index contributed by atoms with van der Waals surface area (Å²) in [6.45, 7) is 0.181. The predicted molar refractivity (Wildman–Crippen MR) is 95.7 cm³/mol. The van der Waals surface area contributed by atoms with Gasteiger partial charge in [0.05, 0.1) is 16.8 Å². The van der Waals surface area contributed by atoms with Gasteiger partial charge in [-0.2, -0.15) is 23.4 Å². The maximum atomic E-state index is 13.5. The number of thiophene rings is 1. The number of alkyl halides is 3. The summed E-state index contributed by atoms with van der Waals surface area (Å²) in [5, 5.41) is 12.2. The lowest BCUT2D eigenvalue weighted by atomic mass is 10.2. The highest BCUT2D eigenvalue weighted by Crippen LogP contribution is 2.33. The van der Waals surface area contributed by atoms with Crippen molar-refractivity contribution in [1.82, 2.24) is 29.7 Å². The van der Waals surface area contributed by atoms with Gasteiger partial charge in [0.15, 0.2) is 17.0 Å². The van der Waals surface area contributed by atoms with Crippen LogP contribution in [-0.4, -0.2) is 30.3 Å². The Morgan fingerprint density at radius 1 is 1.32 bits per heavy atom. The molecule has 0 radical (unpaired) electrons. The third-order valence-corrected chi connectivity index (χ3v) is 4.83. The highest BCUT2D eigenvalue weighted by Gasteiger charge is 2.35. The highest BCUT2D eigenvalue weighted by molar-refractivity contribution is 7.13. The molecular weight excluding hydrogens is 393 g/mol. The molecule has 0 unspecified atom stereocenters. The Kier molecular flexibility index (Phi) is 4.38. The molecule has 0 spiro atoms. The smallest absolute Gasteiger partial charge is 0.346 e. The molecule has 0 aliphatic carbocycles. The van der Waals surface area contributed by atoms with Gasteiger partial charge in [-0.15, -0.1) is 11.3 Å². The van der Waals surface area contributed by atoms with Crippen LogP contribution in [0.25, 0.3) is 16.2 Å². The normalized spacial score (nSPS) is 11.9. The quantitative estimate of drug-likeness (QED) is 0.565. The number of carbonyl (C=O) groups excluding carboxylic acids is 1. The zero-order chi connectivity index (χ0) is 19.9. The van der Waals surface area contributed by atoms with Crippen LogP contribution in [0.3, 0.4) is 0 Å². The molecular formula is C17H13F3N6OS. The molecule has 0 saturated heterocycles. The fraction of sp³-hybridized carbons (Fsp3) is 0.176. The van der Waals surface area contributed by atoms with Crippen LogP contribution in [-0.2, 0) is 19.8 Å². The number of fused-ring (bicyclic) bond motifs is 1. The Morgan fingerprint density at radius 3 is 2.79 bits per heavy atom. The largest absolute Gasteiger partial charge is 0.433 e. The molecule has 4 rings (SSSR count). The van der Waals surface area contributed by atoms with Crippen molar-refractivity contribution in [2.75, 3.05) is 0 Å². The van der Waals surface area contributed by atoms with Crippen LogP contribution in [0.5, 0.6) is 0 Å². The van der Waals surface area contributed by atoms with Crippen molar-refractivity contribution in [3.63, 3.8) is 0 Å². The topological polar surface area (TPSA) is 77.1 Å². The van der Waals surface area contributed by atoms with Crippen molar-refractivity contribution >= 4 is 22.9 Å². The van der Waals surface area contributed by atoms with E-state index in [4.69, 9.17) is 0 Å². The van der Waals surface area contributed by atoms with E-state index in [-0.39, 0.29) is 23.6 Å². The van der Waals surface area contributed by atoms with Gasteiger partial charge in [0.1, 0.15) is 0 Å². The monoisotopic (exact) mass is 406 g/mol. The van der Waals surface area contributed by atoms with Gasteiger partial charge in [0.2, 0.25) is 0 Å². The van der Waals surface area contributed by atoms with Crippen molar-refractivity contribution in [3.05, 3.63) is 59.0 Å². The van der Waals surface area contributed by atoms with E-state index in [2.05, 4.69) is 20.5 Å². The van der Waals surface area contributed by atoms with Crippen molar-refractivity contribution < 1.29 is 18.0 Å². The van der Waals surface area contributed by atoms with E-state index in [1.807, 2.05) is 0 Å². The molecule has 0 saturated carbocycles. The molecule has 0 bridgehead atoms. The number of aromatic nitrogens is 5. The van der Waals surface area contributed by atoms with Crippen LogP contribution >= 0.6 is 11.3 Å². The minimum Gasteiger partial charge on any atom is -0.346 e. The molecule has 28 heavy (non-hydrogen) atoms. The average molecular weight is 406 g/mol. The van der Waals surface area contributed by atoms with E-state index in [1.165, 1.54) is 17.4 Å². The first-order chi connectivity index (χ1) is 13.3. The fourth-order valence-corrected chi connectivity index (χ4v) is 3.36. The summed E-state index contributed by atoms with van der Waals surface area (Å²) in [6, 6.07) is 5.59. The molecule has 11 heteroatoms. The summed E-state index contributed by atoms with van der Waals surface area (Å²) < 4.78 is 42.8. The van der Waals surface area contributed by atoms with Crippen LogP contribution < -0.4 is 5.32 Å². The minimum absolute atomic E-state index is 0.0512. The van der Waals surface area contributed by atoms with E-state index >= 15 is 0 Å². The molecule has 1 amide bonds. The zero-order valence-electron chi connectivity index (χ0n) is 14.4. The highest BCUT2D eigenvalue weighted by atomic mass is 32.1.